The molecule has 162 valence electrons. The monoisotopic (exact) mass is 435 g/mol. The van der Waals surface area contributed by atoms with Gasteiger partial charge in [-0.3, -0.25) is 4.79 Å². The van der Waals surface area contributed by atoms with Gasteiger partial charge in [-0.1, -0.05) is 35.5 Å². The highest BCUT2D eigenvalue weighted by Crippen LogP contribution is 2.27. The number of hydrogen-bond donors (Lipinski definition) is 1. The molecular weight excluding hydrogens is 406 g/mol. The third kappa shape index (κ3) is 5.10. The Hall–Kier alpha value is -2.80. The van der Waals surface area contributed by atoms with Crippen LogP contribution in [0, 0.1) is 6.92 Å². The lowest BCUT2D eigenvalue weighted by Gasteiger charge is -2.28. The molecule has 0 bridgehead atoms. The van der Waals surface area contributed by atoms with Crippen molar-refractivity contribution in [1.29, 1.82) is 0 Å². The fourth-order valence-electron chi connectivity index (χ4n) is 3.82. The smallest absolute Gasteiger partial charge is 0.237 e. The van der Waals surface area contributed by atoms with Crippen molar-refractivity contribution >= 4 is 29.0 Å². The Kier molecular flexibility index (Phi) is 6.61. The normalized spacial score (nSPS) is 15.0. The van der Waals surface area contributed by atoms with Gasteiger partial charge in [0.2, 0.25) is 5.91 Å². The van der Waals surface area contributed by atoms with Crippen LogP contribution in [0.1, 0.15) is 31.7 Å². The summed E-state index contributed by atoms with van der Waals surface area (Å²) in [6, 6.07) is 16.3. The molecule has 0 aliphatic carbocycles. The summed E-state index contributed by atoms with van der Waals surface area (Å²) >= 11 is 1.41. The molecule has 0 spiro atoms. The minimum Gasteiger partial charge on any atom is -0.372 e. The second-order valence-electron chi connectivity index (χ2n) is 8.08. The van der Waals surface area contributed by atoms with Crippen LogP contribution < -0.4 is 10.2 Å². The molecule has 7 heteroatoms. The summed E-state index contributed by atoms with van der Waals surface area (Å²) in [6.45, 7) is 6.17. The maximum atomic E-state index is 12.7. The summed E-state index contributed by atoms with van der Waals surface area (Å²) < 4.78 is 1.94. The van der Waals surface area contributed by atoms with E-state index in [0.717, 1.165) is 35.3 Å². The van der Waals surface area contributed by atoms with Crippen molar-refractivity contribution in [3.05, 3.63) is 54.1 Å². The number of aromatic nitrogens is 3. The minimum absolute atomic E-state index is 0.0455. The van der Waals surface area contributed by atoms with E-state index in [4.69, 9.17) is 0 Å². The SMILES string of the molecule is Cc1cccc(-c2nnc(SC(C)C(=O)Nc3ccc(N4CCCCC4)cc3)n2C)c1. The largest absolute Gasteiger partial charge is 0.372 e. The molecule has 1 fully saturated rings. The summed E-state index contributed by atoms with van der Waals surface area (Å²) in [6.07, 6.45) is 3.82. The van der Waals surface area contributed by atoms with Crippen molar-refractivity contribution in [3.63, 3.8) is 0 Å². The van der Waals surface area contributed by atoms with Gasteiger partial charge in [-0.15, -0.1) is 10.2 Å². The van der Waals surface area contributed by atoms with Gasteiger partial charge in [-0.05, 0) is 63.4 Å². The molecule has 1 aromatic heterocycles. The van der Waals surface area contributed by atoms with Crippen LogP contribution in [-0.2, 0) is 11.8 Å². The van der Waals surface area contributed by atoms with Crippen LogP contribution in [0.4, 0.5) is 11.4 Å². The van der Waals surface area contributed by atoms with Crippen molar-refractivity contribution < 1.29 is 4.79 Å². The number of amides is 1. The average Bonchev–Trinajstić information content (AvgIpc) is 3.15. The van der Waals surface area contributed by atoms with E-state index in [0.29, 0.717) is 0 Å². The van der Waals surface area contributed by atoms with E-state index in [-0.39, 0.29) is 11.2 Å². The summed E-state index contributed by atoms with van der Waals surface area (Å²) in [5, 5.41) is 12.1. The lowest BCUT2D eigenvalue weighted by atomic mass is 10.1. The van der Waals surface area contributed by atoms with E-state index in [9.17, 15) is 4.79 Å². The Balaban J connectivity index is 1.38. The standard InChI is InChI=1S/C24H29N5OS/c1-17-8-7-9-19(16-17)22-26-27-24(28(22)3)31-18(2)23(30)25-20-10-12-21(13-11-20)29-14-5-4-6-15-29/h7-13,16,18H,4-6,14-15H2,1-3H3,(H,25,30). The maximum Gasteiger partial charge on any atom is 0.237 e. The number of carbonyl (C=O) groups is 1. The number of hydrogen-bond acceptors (Lipinski definition) is 5. The van der Waals surface area contributed by atoms with Crippen LogP contribution in [-0.4, -0.2) is 39.0 Å². The van der Waals surface area contributed by atoms with Gasteiger partial charge in [0, 0.05) is 37.1 Å². The summed E-state index contributed by atoms with van der Waals surface area (Å²) in [4.78, 5) is 15.1. The van der Waals surface area contributed by atoms with E-state index in [1.165, 1.54) is 42.3 Å². The van der Waals surface area contributed by atoms with Gasteiger partial charge in [0.25, 0.3) is 0 Å². The number of anilines is 2. The zero-order valence-electron chi connectivity index (χ0n) is 18.3. The number of aryl methyl sites for hydroxylation is 1. The zero-order chi connectivity index (χ0) is 21.8. The van der Waals surface area contributed by atoms with Gasteiger partial charge in [-0.2, -0.15) is 0 Å². The lowest BCUT2D eigenvalue weighted by Crippen LogP contribution is -2.29. The van der Waals surface area contributed by atoms with Crippen LogP contribution in [0.3, 0.4) is 0 Å². The Morgan fingerprint density at radius 3 is 2.52 bits per heavy atom. The third-order valence-electron chi connectivity index (χ3n) is 5.62. The van der Waals surface area contributed by atoms with Crippen molar-refractivity contribution in [2.24, 2.45) is 7.05 Å². The Morgan fingerprint density at radius 2 is 1.81 bits per heavy atom. The molecule has 2 aromatic carbocycles. The molecule has 0 radical (unpaired) electrons. The fourth-order valence-corrected chi connectivity index (χ4v) is 4.63. The van der Waals surface area contributed by atoms with E-state index in [1.807, 2.05) is 42.8 Å². The van der Waals surface area contributed by atoms with Crippen molar-refractivity contribution in [1.82, 2.24) is 14.8 Å². The van der Waals surface area contributed by atoms with Crippen molar-refractivity contribution in [3.8, 4) is 11.4 Å². The molecule has 1 aliphatic heterocycles. The summed E-state index contributed by atoms with van der Waals surface area (Å²) in [5.74, 6) is 0.753. The third-order valence-corrected chi connectivity index (χ3v) is 6.75. The first-order chi connectivity index (χ1) is 15.0. The molecule has 1 aliphatic rings. The molecule has 2 heterocycles. The van der Waals surface area contributed by atoms with E-state index < -0.39 is 0 Å². The van der Waals surface area contributed by atoms with Gasteiger partial charge in [-0.25, -0.2) is 0 Å². The van der Waals surface area contributed by atoms with E-state index >= 15 is 0 Å². The Morgan fingerprint density at radius 1 is 1.06 bits per heavy atom. The molecule has 1 amide bonds. The molecule has 1 unspecified atom stereocenters. The molecule has 4 rings (SSSR count). The molecule has 3 aromatic rings. The molecule has 6 nitrogen and oxygen atoms in total. The topological polar surface area (TPSA) is 63.1 Å². The number of rotatable bonds is 6. The van der Waals surface area contributed by atoms with Crippen LogP contribution in [0.5, 0.6) is 0 Å². The summed E-state index contributed by atoms with van der Waals surface area (Å²) in [7, 11) is 1.93. The number of thioether (sulfide) groups is 1. The molecule has 0 saturated carbocycles. The molecule has 1 N–H and O–H groups in total. The Labute approximate surface area is 188 Å². The minimum atomic E-state index is -0.296. The number of nitrogens with one attached hydrogen (secondary N) is 1. The van der Waals surface area contributed by atoms with Gasteiger partial charge in [0.05, 0.1) is 5.25 Å². The van der Waals surface area contributed by atoms with Gasteiger partial charge < -0.3 is 14.8 Å². The van der Waals surface area contributed by atoms with Crippen LogP contribution in [0.2, 0.25) is 0 Å². The highest BCUT2D eigenvalue weighted by Gasteiger charge is 2.20. The highest BCUT2D eigenvalue weighted by atomic mass is 32.2. The zero-order valence-corrected chi connectivity index (χ0v) is 19.2. The first-order valence-electron chi connectivity index (χ1n) is 10.8. The van der Waals surface area contributed by atoms with E-state index in [1.54, 1.807) is 0 Å². The van der Waals surface area contributed by atoms with Gasteiger partial charge in [0.15, 0.2) is 11.0 Å². The second kappa shape index (κ2) is 9.56. The predicted octanol–water partition coefficient (Wildman–Crippen LogP) is 4.90. The average molecular weight is 436 g/mol. The quantitative estimate of drug-likeness (QED) is 0.558. The van der Waals surface area contributed by atoms with Gasteiger partial charge >= 0.3 is 0 Å². The van der Waals surface area contributed by atoms with Crippen LogP contribution >= 0.6 is 11.8 Å². The maximum absolute atomic E-state index is 12.7. The van der Waals surface area contributed by atoms with Crippen molar-refractivity contribution in [2.75, 3.05) is 23.3 Å². The number of piperidine rings is 1. The highest BCUT2D eigenvalue weighted by molar-refractivity contribution is 8.00. The molecule has 1 atom stereocenters. The van der Waals surface area contributed by atoms with E-state index in [2.05, 4.69) is 51.6 Å². The number of nitrogens with zero attached hydrogens (tertiary/aromatic N) is 4. The van der Waals surface area contributed by atoms with Crippen LogP contribution in [0.15, 0.2) is 53.7 Å². The lowest BCUT2D eigenvalue weighted by molar-refractivity contribution is -0.115. The molecule has 1 saturated heterocycles. The van der Waals surface area contributed by atoms with Crippen LogP contribution in [0.25, 0.3) is 11.4 Å². The van der Waals surface area contributed by atoms with Crippen molar-refractivity contribution in [2.45, 2.75) is 43.5 Å². The molecule has 31 heavy (non-hydrogen) atoms. The predicted molar refractivity (Wildman–Crippen MR) is 128 cm³/mol. The summed E-state index contributed by atoms with van der Waals surface area (Å²) in [5.41, 5.74) is 4.24. The first-order valence-corrected chi connectivity index (χ1v) is 11.7. The van der Waals surface area contributed by atoms with Gasteiger partial charge in [0.1, 0.15) is 0 Å². The first kappa shape index (κ1) is 21.4. The fraction of sp³-hybridized carbons (Fsp3) is 0.375. The number of carbonyl (C=O) groups excluding carboxylic acids is 1. The number of benzene rings is 2. The second-order valence-corrected chi connectivity index (χ2v) is 9.39. The molecular formula is C24H29N5OS. The Bertz CT molecular complexity index is 1040.